The van der Waals surface area contributed by atoms with Gasteiger partial charge in [-0.05, 0) is 49.4 Å². The van der Waals surface area contributed by atoms with Gasteiger partial charge in [0.2, 0.25) is 0 Å². The Morgan fingerprint density at radius 3 is 2.63 bits per heavy atom. The lowest BCUT2D eigenvalue weighted by Gasteiger charge is -2.15. The zero-order chi connectivity index (χ0) is 21.7. The van der Waals surface area contributed by atoms with Crippen molar-refractivity contribution in [2.24, 2.45) is 0 Å². The van der Waals surface area contributed by atoms with Crippen molar-refractivity contribution in [3.63, 3.8) is 0 Å². The van der Waals surface area contributed by atoms with Gasteiger partial charge in [0.15, 0.2) is 11.9 Å². The largest absolute Gasteiger partial charge is 0.495 e. The molecule has 2 N–H and O–H groups in total. The van der Waals surface area contributed by atoms with Gasteiger partial charge in [0.05, 0.1) is 24.1 Å². The summed E-state index contributed by atoms with van der Waals surface area (Å²) in [5.74, 6) is -1.12. The van der Waals surface area contributed by atoms with Gasteiger partial charge in [0.25, 0.3) is 11.8 Å². The molecule has 1 unspecified atom stereocenters. The molecule has 1 atom stereocenters. The molecule has 0 spiro atoms. The van der Waals surface area contributed by atoms with E-state index in [1.54, 1.807) is 24.3 Å². The van der Waals surface area contributed by atoms with E-state index in [0.717, 1.165) is 11.3 Å². The SMILES string of the molecule is COc1ccc(Cl)cc1NC(=O)C(C)OC(=O)c1ccc(NC(=O)c2ccco2)s1. The fraction of sp³-hybridized carbons (Fsp3) is 0.150. The Bertz CT molecular complexity index is 1060. The predicted octanol–water partition coefficient (Wildman–Crippen LogP) is 4.44. The summed E-state index contributed by atoms with van der Waals surface area (Å²) in [6, 6.07) is 10.9. The molecule has 8 nitrogen and oxygen atoms in total. The number of furan rings is 1. The highest BCUT2D eigenvalue weighted by atomic mass is 35.5. The van der Waals surface area contributed by atoms with E-state index in [1.165, 1.54) is 38.5 Å². The predicted molar refractivity (Wildman–Crippen MR) is 112 cm³/mol. The summed E-state index contributed by atoms with van der Waals surface area (Å²) >= 11 is 6.96. The number of ether oxygens (including phenoxy) is 2. The van der Waals surface area contributed by atoms with Crippen LogP contribution in [-0.2, 0) is 9.53 Å². The molecule has 0 aliphatic carbocycles. The number of rotatable bonds is 7. The van der Waals surface area contributed by atoms with E-state index < -0.39 is 23.9 Å². The Balaban J connectivity index is 1.59. The van der Waals surface area contributed by atoms with Crippen molar-refractivity contribution in [3.05, 3.63) is 64.4 Å². The van der Waals surface area contributed by atoms with E-state index in [1.807, 2.05) is 0 Å². The van der Waals surface area contributed by atoms with E-state index in [9.17, 15) is 14.4 Å². The van der Waals surface area contributed by atoms with Gasteiger partial charge < -0.3 is 24.5 Å². The number of hydrogen-bond donors (Lipinski definition) is 2. The normalized spacial score (nSPS) is 11.4. The number of carbonyl (C=O) groups is 3. The number of nitrogens with one attached hydrogen (secondary N) is 2. The molecule has 2 heterocycles. The number of esters is 1. The lowest BCUT2D eigenvalue weighted by atomic mass is 10.2. The first-order chi connectivity index (χ1) is 14.4. The molecule has 2 amide bonds. The van der Waals surface area contributed by atoms with Crippen LogP contribution in [0.1, 0.15) is 27.2 Å². The highest BCUT2D eigenvalue weighted by Gasteiger charge is 2.22. The second-order valence-corrected chi connectivity index (χ2v) is 7.50. The summed E-state index contributed by atoms with van der Waals surface area (Å²) in [7, 11) is 1.46. The number of halogens is 1. The molecule has 0 saturated heterocycles. The van der Waals surface area contributed by atoms with Crippen LogP contribution in [0.5, 0.6) is 5.75 Å². The minimum atomic E-state index is -1.08. The average molecular weight is 449 g/mol. The van der Waals surface area contributed by atoms with Crippen molar-refractivity contribution in [1.82, 2.24) is 0 Å². The quantitative estimate of drug-likeness (QED) is 0.517. The Labute approximate surface area is 180 Å². The zero-order valence-corrected chi connectivity index (χ0v) is 17.5. The lowest BCUT2D eigenvalue weighted by Crippen LogP contribution is -2.29. The van der Waals surface area contributed by atoms with Gasteiger partial charge in [-0.1, -0.05) is 11.6 Å². The van der Waals surface area contributed by atoms with Crippen LogP contribution in [0.3, 0.4) is 0 Å². The minimum Gasteiger partial charge on any atom is -0.495 e. The maximum absolute atomic E-state index is 12.4. The summed E-state index contributed by atoms with van der Waals surface area (Å²) in [6.07, 6.45) is 0.307. The number of anilines is 2. The molecule has 3 aromatic rings. The molecule has 0 aliphatic heterocycles. The van der Waals surface area contributed by atoms with Crippen LogP contribution in [0.4, 0.5) is 10.7 Å². The number of methoxy groups -OCH3 is 1. The summed E-state index contributed by atoms with van der Waals surface area (Å²) in [5, 5.41) is 6.08. The average Bonchev–Trinajstić information content (AvgIpc) is 3.40. The second kappa shape index (κ2) is 9.47. The van der Waals surface area contributed by atoms with Gasteiger partial charge in [-0.3, -0.25) is 9.59 Å². The third kappa shape index (κ3) is 5.19. The molecule has 2 aromatic heterocycles. The first-order valence-electron chi connectivity index (χ1n) is 8.67. The number of carbonyl (C=O) groups excluding carboxylic acids is 3. The number of benzene rings is 1. The summed E-state index contributed by atoms with van der Waals surface area (Å²) in [4.78, 5) is 36.9. The van der Waals surface area contributed by atoms with Crippen LogP contribution in [0, 0.1) is 0 Å². The zero-order valence-electron chi connectivity index (χ0n) is 15.9. The Morgan fingerprint density at radius 1 is 1.13 bits per heavy atom. The lowest BCUT2D eigenvalue weighted by molar-refractivity contribution is -0.123. The molecule has 0 fully saturated rings. The Morgan fingerprint density at radius 2 is 1.93 bits per heavy atom. The highest BCUT2D eigenvalue weighted by Crippen LogP contribution is 2.28. The van der Waals surface area contributed by atoms with E-state index >= 15 is 0 Å². The summed E-state index contributed by atoms with van der Waals surface area (Å²) in [6.45, 7) is 1.44. The fourth-order valence-electron chi connectivity index (χ4n) is 2.38. The van der Waals surface area contributed by atoms with Crippen molar-refractivity contribution in [3.8, 4) is 5.75 Å². The van der Waals surface area contributed by atoms with Crippen molar-refractivity contribution < 1.29 is 28.3 Å². The molecule has 0 radical (unpaired) electrons. The van der Waals surface area contributed by atoms with Gasteiger partial charge in [-0.15, -0.1) is 11.3 Å². The first-order valence-corrected chi connectivity index (χ1v) is 9.87. The van der Waals surface area contributed by atoms with Crippen molar-refractivity contribution in [1.29, 1.82) is 0 Å². The van der Waals surface area contributed by atoms with Gasteiger partial charge in [0, 0.05) is 5.02 Å². The van der Waals surface area contributed by atoms with Crippen molar-refractivity contribution in [2.75, 3.05) is 17.7 Å². The molecule has 0 saturated carbocycles. The summed E-state index contributed by atoms with van der Waals surface area (Å²) < 4.78 is 15.4. The van der Waals surface area contributed by atoms with Gasteiger partial charge in [-0.25, -0.2) is 4.79 Å². The molecule has 0 aliphatic rings. The number of amides is 2. The number of hydrogen-bond acceptors (Lipinski definition) is 7. The van der Waals surface area contributed by atoms with E-state index in [0.29, 0.717) is 21.5 Å². The highest BCUT2D eigenvalue weighted by molar-refractivity contribution is 7.18. The van der Waals surface area contributed by atoms with Crippen LogP contribution in [0.25, 0.3) is 0 Å². The van der Waals surface area contributed by atoms with Crippen LogP contribution < -0.4 is 15.4 Å². The van der Waals surface area contributed by atoms with Crippen LogP contribution in [-0.4, -0.2) is 31.0 Å². The first kappa shape index (κ1) is 21.4. The Hall–Kier alpha value is -3.30. The molecule has 0 bridgehead atoms. The molecule has 10 heteroatoms. The van der Waals surface area contributed by atoms with E-state index in [4.69, 9.17) is 25.5 Å². The molecule has 30 heavy (non-hydrogen) atoms. The molecule has 156 valence electrons. The van der Waals surface area contributed by atoms with Crippen LogP contribution in [0.15, 0.2) is 53.1 Å². The van der Waals surface area contributed by atoms with Gasteiger partial charge >= 0.3 is 5.97 Å². The third-order valence-corrected chi connectivity index (χ3v) is 5.08. The Kier molecular flexibility index (Phi) is 6.76. The van der Waals surface area contributed by atoms with Crippen molar-refractivity contribution >= 4 is 51.4 Å². The van der Waals surface area contributed by atoms with Gasteiger partial charge in [0.1, 0.15) is 10.6 Å². The fourth-order valence-corrected chi connectivity index (χ4v) is 3.34. The van der Waals surface area contributed by atoms with E-state index in [-0.39, 0.29) is 10.6 Å². The molecular formula is C20H17ClN2O6S. The second-order valence-electron chi connectivity index (χ2n) is 5.98. The standard InChI is InChI=1S/C20H17ClN2O6S/c1-11(18(24)22-13-10-12(21)5-6-14(13)27-2)29-20(26)16-7-8-17(30-16)23-19(25)15-4-3-9-28-15/h3-11H,1-2H3,(H,22,24)(H,23,25). The van der Waals surface area contributed by atoms with Crippen LogP contribution >= 0.6 is 22.9 Å². The minimum absolute atomic E-state index is 0.147. The van der Waals surface area contributed by atoms with Crippen LogP contribution in [0.2, 0.25) is 5.02 Å². The summed E-state index contributed by atoms with van der Waals surface area (Å²) in [5.41, 5.74) is 0.358. The topological polar surface area (TPSA) is 107 Å². The molecule has 1 aromatic carbocycles. The number of thiophene rings is 1. The maximum atomic E-state index is 12.4. The molecule has 3 rings (SSSR count). The van der Waals surface area contributed by atoms with Gasteiger partial charge in [-0.2, -0.15) is 0 Å². The smallest absolute Gasteiger partial charge is 0.349 e. The van der Waals surface area contributed by atoms with E-state index in [2.05, 4.69) is 10.6 Å². The third-order valence-electron chi connectivity index (χ3n) is 3.86. The van der Waals surface area contributed by atoms with Crippen molar-refractivity contribution in [2.45, 2.75) is 13.0 Å². The molecular weight excluding hydrogens is 432 g/mol. The monoisotopic (exact) mass is 448 g/mol. The maximum Gasteiger partial charge on any atom is 0.349 e.